The van der Waals surface area contributed by atoms with Crippen molar-refractivity contribution in [1.82, 2.24) is 0 Å². The second-order valence-electron chi connectivity index (χ2n) is 0.519. The molecule has 8 heavy (non-hydrogen) atoms. The summed E-state index contributed by atoms with van der Waals surface area (Å²) in [5.41, 5.74) is 0. The van der Waals surface area contributed by atoms with Crippen LogP contribution in [-0.4, -0.2) is 11.1 Å². The fourth-order valence-corrected chi connectivity index (χ4v) is 0. The van der Waals surface area contributed by atoms with E-state index in [2.05, 4.69) is 0 Å². The molecular weight excluding hydrogens is 685 g/mol. The molecule has 0 unspecified atom stereocenters. The molecule has 1 N–H and O–H groups in total. The number of carbonyl (C=O) groups is 1. The molecule has 0 aromatic carbocycles. The van der Waals surface area contributed by atoms with Crippen LogP contribution in [0, 0.1) is 160 Å². The third-order valence-corrected chi connectivity index (χ3v) is 0. The Hall–Kier alpha value is 4.77. The third kappa shape index (κ3) is 45.2. The molecule has 0 heterocycles. The van der Waals surface area contributed by atoms with Crippen LogP contribution in [0.5, 0.6) is 0 Å². The SMILES string of the molecule is CC(=O)O.[Gd].[Gd].[Gd].[Gd]. The number of rotatable bonds is 0. The molecule has 0 atom stereocenters. The molecule has 56 valence electrons. The zero-order valence-electron chi connectivity index (χ0n) is 3.77. The van der Waals surface area contributed by atoms with Crippen molar-refractivity contribution in [3.05, 3.63) is 0 Å². The van der Waals surface area contributed by atoms with Gasteiger partial charge in [0.2, 0.25) is 0 Å². The minimum absolute atomic E-state index is 0. The summed E-state index contributed by atoms with van der Waals surface area (Å²) in [6.45, 7) is 1.08. The molecule has 0 radical (unpaired) electrons. The maximum atomic E-state index is 9.00. The van der Waals surface area contributed by atoms with E-state index in [9.17, 15) is 0 Å². The van der Waals surface area contributed by atoms with E-state index >= 15 is 0 Å². The van der Waals surface area contributed by atoms with E-state index in [0.717, 1.165) is 6.92 Å². The second kappa shape index (κ2) is 22.6. The molecule has 0 aliphatic carbocycles. The summed E-state index contributed by atoms with van der Waals surface area (Å²) >= 11 is 0. The van der Waals surface area contributed by atoms with Gasteiger partial charge in [0, 0.05) is 167 Å². The molecule has 6 heteroatoms. The number of carboxylic acid groups (broad SMARTS) is 1. The van der Waals surface area contributed by atoms with Crippen LogP contribution in [0.2, 0.25) is 0 Å². The van der Waals surface area contributed by atoms with E-state index in [4.69, 9.17) is 9.90 Å². The van der Waals surface area contributed by atoms with Crippen molar-refractivity contribution in [2.24, 2.45) is 0 Å². The number of hydrogen-bond donors (Lipinski definition) is 1. The van der Waals surface area contributed by atoms with Crippen molar-refractivity contribution < 1.29 is 170 Å². The Morgan fingerprint density at radius 3 is 1.12 bits per heavy atom. The number of hydrogen-bond acceptors (Lipinski definition) is 1. The van der Waals surface area contributed by atoms with Gasteiger partial charge in [0.25, 0.3) is 5.97 Å². The average molecular weight is 689 g/mol. The third-order valence-electron chi connectivity index (χ3n) is 0. The molecule has 0 rings (SSSR count). The maximum absolute atomic E-state index is 9.00. The molecule has 0 saturated carbocycles. The predicted octanol–water partition coefficient (Wildman–Crippen LogP) is 0.0909. The first-order valence-corrected chi connectivity index (χ1v) is 0.928. The zero-order valence-corrected chi connectivity index (χ0v) is 12.8. The van der Waals surface area contributed by atoms with Gasteiger partial charge in [-0.25, -0.2) is 0 Å². The molecule has 0 aliphatic heterocycles. The summed E-state index contributed by atoms with van der Waals surface area (Å²) in [6, 6.07) is 0. The van der Waals surface area contributed by atoms with Gasteiger partial charge in [-0.3, -0.25) is 4.79 Å². The molecule has 0 saturated heterocycles. The quantitative estimate of drug-likeness (QED) is 0.392. The molecule has 0 bridgehead atoms. The normalized spacial score (nSPS) is 3.12. The van der Waals surface area contributed by atoms with Crippen molar-refractivity contribution in [1.29, 1.82) is 0 Å². The van der Waals surface area contributed by atoms with Crippen LogP contribution in [-0.2, 0) is 4.79 Å². The van der Waals surface area contributed by atoms with Gasteiger partial charge >= 0.3 is 0 Å². The molecule has 0 aromatic heterocycles. The summed E-state index contributed by atoms with van der Waals surface area (Å²) in [5.74, 6) is -0.833. The van der Waals surface area contributed by atoms with E-state index in [1.54, 1.807) is 0 Å². The standard InChI is InChI=1S/C2H4O2.4Gd/c1-2(3)4;;;;/h1H3,(H,3,4);;;;. The zero-order chi connectivity index (χ0) is 3.58. The molecular formula is C2H4Gd4O2. The van der Waals surface area contributed by atoms with Crippen LogP contribution >= 0.6 is 0 Å². The molecule has 0 aliphatic rings. The molecule has 0 aromatic rings. The van der Waals surface area contributed by atoms with Gasteiger partial charge in [-0.1, -0.05) is 0 Å². The first-order valence-electron chi connectivity index (χ1n) is 0.928. The van der Waals surface area contributed by atoms with E-state index in [-0.39, 0.29) is 160 Å². The van der Waals surface area contributed by atoms with Crippen molar-refractivity contribution in [2.75, 3.05) is 0 Å². The van der Waals surface area contributed by atoms with E-state index < -0.39 is 5.97 Å². The number of aliphatic carboxylic acids is 1. The molecule has 0 spiro atoms. The monoisotopic (exact) mass is 692 g/mol. The number of carboxylic acids is 1. The molecule has 2 nitrogen and oxygen atoms in total. The Kier molecular flexibility index (Phi) is 82.8. The smallest absolute Gasteiger partial charge is 0.300 e. The Labute approximate surface area is 177 Å². The second-order valence-corrected chi connectivity index (χ2v) is 0.519. The largest absolute Gasteiger partial charge is 0.481 e. The van der Waals surface area contributed by atoms with Gasteiger partial charge < -0.3 is 5.11 Å². The summed E-state index contributed by atoms with van der Waals surface area (Å²) in [6.07, 6.45) is 0. The first kappa shape index (κ1) is 29.3. The van der Waals surface area contributed by atoms with Crippen LogP contribution in [0.4, 0.5) is 0 Å². The predicted molar refractivity (Wildman–Crippen MR) is 13.3 cm³/mol. The minimum Gasteiger partial charge on any atom is -0.481 e. The fourth-order valence-electron chi connectivity index (χ4n) is 0. The van der Waals surface area contributed by atoms with Gasteiger partial charge in [0.05, 0.1) is 0 Å². The summed E-state index contributed by atoms with van der Waals surface area (Å²) in [7, 11) is 0. The maximum Gasteiger partial charge on any atom is 0.300 e. The fraction of sp³-hybridized carbons (Fsp3) is 0.500. The van der Waals surface area contributed by atoms with Gasteiger partial charge in [0.15, 0.2) is 0 Å². The average Bonchev–Trinajstić information content (AvgIpc) is 0.811. The van der Waals surface area contributed by atoms with Crippen LogP contribution in [0.3, 0.4) is 0 Å². The van der Waals surface area contributed by atoms with Crippen molar-refractivity contribution in [3.8, 4) is 0 Å². The Balaban J connectivity index is -0.00000000750. The van der Waals surface area contributed by atoms with Gasteiger partial charge in [-0.2, -0.15) is 0 Å². The summed E-state index contributed by atoms with van der Waals surface area (Å²) in [4.78, 5) is 9.00. The first-order chi connectivity index (χ1) is 1.73. The van der Waals surface area contributed by atoms with Gasteiger partial charge in [0.1, 0.15) is 0 Å². The van der Waals surface area contributed by atoms with E-state index in [0.29, 0.717) is 0 Å². The van der Waals surface area contributed by atoms with Crippen LogP contribution in [0.15, 0.2) is 0 Å². The topological polar surface area (TPSA) is 37.3 Å². The Bertz CT molecular complexity index is 35.0. The van der Waals surface area contributed by atoms with Gasteiger partial charge in [-0.15, -0.1) is 0 Å². The van der Waals surface area contributed by atoms with Crippen molar-refractivity contribution in [3.63, 3.8) is 0 Å². The molecule has 0 amide bonds. The molecule has 0 fully saturated rings. The van der Waals surface area contributed by atoms with Crippen molar-refractivity contribution in [2.45, 2.75) is 6.92 Å². The van der Waals surface area contributed by atoms with Gasteiger partial charge in [-0.05, 0) is 0 Å². The van der Waals surface area contributed by atoms with Crippen LogP contribution in [0.1, 0.15) is 6.92 Å². The summed E-state index contributed by atoms with van der Waals surface area (Å²) < 4.78 is 0. The summed E-state index contributed by atoms with van der Waals surface area (Å²) in [5, 5.41) is 7.42. The Morgan fingerprint density at radius 1 is 1.12 bits per heavy atom. The van der Waals surface area contributed by atoms with Crippen molar-refractivity contribution >= 4 is 5.97 Å². The van der Waals surface area contributed by atoms with Crippen LogP contribution in [0.25, 0.3) is 0 Å². The minimum atomic E-state index is -0.833. The van der Waals surface area contributed by atoms with E-state index in [1.165, 1.54) is 0 Å². The Morgan fingerprint density at radius 2 is 1.12 bits per heavy atom. The van der Waals surface area contributed by atoms with E-state index in [1.807, 2.05) is 0 Å². The van der Waals surface area contributed by atoms with Crippen LogP contribution < -0.4 is 0 Å².